The van der Waals surface area contributed by atoms with E-state index >= 15 is 0 Å². The summed E-state index contributed by atoms with van der Waals surface area (Å²) in [4.78, 5) is 21.3. The quantitative estimate of drug-likeness (QED) is 0.669. The van der Waals surface area contributed by atoms with Crippen molar-refractivity contribution in [3.63, 3.8) is 0 Å². The molecule has 2 heterocycles. The second-order valence-corrected chi connectivity index (χ2v) is 5.32. The van der Waals surface area contributed by atoms with Gasteiger partial charge in [0.05, 0.1) is 17.6 Å². The Morgan fingerprint density at radius 3 is 2.84 bits per heavy atom. The lowest BCUT2D eigenvalue weighted by Gasteiger charge is -2.11. The number of nitrogens with one attached hydrogen (secondary N) is 1. The van der Waals surface area contributed by atoms with Crippen LogP contribution < -0.4 is 10.1 Å². The average molecular weight is 340 g/mol. The number of imidazole rings is 1. The number of amides is 1. The van der Waals surface area contributed by atoms with E-state index in [2.05, 4.69) is 15.3 Å². The molecule has 0 aliphatic carbocycles. The van der Waals surface area contributed by atoms with Crippen LogP contribution >= 0.6 is 0 Å². The monoisotopic (exact) mass is 340 g/mol. The molecule has 0 bridgehead atoms. The summed E-state index contributed by atoms with van der Waals surface area (Å²) in [6.45, 7) is 3.44. The minimum Gasteiger partial charge on any atom is -0.475 e. The summed E-state index contributed by atoms with van der Waals surface area (Å²) in [5.41, 5.74) is 2.17. The first-order valence-corrected chi connectivity index (χ1v) is 8.08. The zero-order chi connectivity index (χ0) is 17.6. The van der Waals surface area contributed by atoms with Gasteiger partial charge in [0.15, 0.2) is 0 Å². The highest BCUT2D eigenvalue weighted by Gasteiger charge is 2.17. The Morgan fingerprint density at radius 2 is 2.04 bits per heavy atom. The van der Waals surface area contributed by atoms with Gasteiger partial charge in [0.1, 0.15) is 12.2 Å². The Morgan fingerprint density at radius 1 is 1.20 bits per heavy atom. The van der Waals surface area contributed by atoms with Crippen LogP contribution in [-0.2, 0) is 11.3 Å². The SMILES string of the molecule is CCn1c(NC(=O)c2cccnc2OCCOC)nc2ccccc21. The minimum absolute atomic E-state index is 0.274. The topological polar surface area (TPSA) is 78.3 Å². The normalized spacial score (nSPS) is 10.8. The molecule has 0 atom stereocenters. The standard InChI is InChI=1S/C18H20N4O3/c1-3-22-15-9-5-4-8-14(15)20-18(22)21-16(23)13-7-6-10-19-17(13)25-12-11-24-2/h4-10H,3,11-12H2,1-2H3,(H,20,21,23). The van der Waals surface area contributed by atoms with Crippen molar-refractivity contribution in [3.8, 4) is 5.88 Å². The lowest BCUT2D eigenvalue weighted by Crippen LogP contribution is -2.18. The van der Waals surface area contributed by atoms with Gasteiger partial charge in [0.25, 0.3) is 5.91 Å². The second kappa shape index (κ2) is 7.76. The molecule has 0 saturated heterocycles. The number of hydrogen-bond donors (Lipinski definition) is 1. The molecule has 0 aliphatic heterocycles. The maximum Gasteiger partial charge on any atom is 0.263 e. The van der Waals surface area contributed by atoms with Gasteiger partial charge in [-0.1, -0.05) is 12.1 Å². The molecular formula is C18H20N4O3. The van der Waals surface area contributed by atoms with Crippen LogP contribution in [0.25, 0.3) is 11.0 Å². The second-order valence-electron chi connectivity index (χ2n) is 5.32. The summed E-state index contributed by atoms with van der Waals surface area (Å²) in [6, 6.07) is 11.1. The number of benzene rings is 1. The molecule has 0 aliphatic rings. The van der Waals surface area contributed by atoms with E-state index in [0.717, 1.165) is 11.0 Å². The minimum atomic E-state index is -0.314. The van der Waals surface area contributed by atoms with Crippen molar-refractivity contribution in [2.75, 3.05) is 25.6 Å². The molecule has 25 heavy (non-hydrogen) atoms. The predicted molar refractivity (Wildman–Crippen MR) is 95.0 cm³/mol. The third kappa shape index (κ3) is 3.61. The molecule has 0 fully saturated rings. The van der Waals surface area contributed by atoms with Crippen LogP contribution in [0.2, 0.25) is 0 Å². The van der Waals surface area contributed by atoms with Crippen molar-refractivity contribution < 1.29 is 14.3 Å². The van der Waals surface area contributed by atoms with Gasteiger partial charge >= 0.3 is 0 Å². The summed E-state index contributed by atoms with van der Waals surface area (Å²) in [5.74, 6) is 0.460. The number of pyridine rings is 1. The summed E-state index contributed by atoms with van der Waals surface area (Å²) < 4.78 is 12.4. The number of hydrogen-bond acceptors (Lipinski definition) is 5. The molecule has 0 radical (unpaired) electrons. The molecule has 7 heteroatoms. The van der Waals surface area contributed by atoms with Crippen molar-refractivity contribution in [1.82, 2.24) is 14.5 Å². The van der Waals surface area contributed by atoms with Crippen molar-refractivity contribution in [2.24, 2.45) is 0 Å². The van der Waals surface area contributed by atoms with Crippen molar-refractivity contribution in [1.29, 1.82) is 0 Å². The number of ether oxygens (including phenoxy) is 2. The number of nitrogens with zero attached hydrogens (tertiary/aromatic N) is 3. The highest BCUT2D eigenvalue weighted by Crippen LogP contribution is 2.21. The van der Waals surface area contributed by atoms with E-state index in [0.29, 0.717) is 31.3 Å². The molecule has 0 saturated carbocycles. The van der Waals surface area contributed by atoms with Gasteiger partial charge in [0.2, 0.25) is 11.8 Å². The van der Waals surface area contributed by atoms with E-state index in [1.807, 2.05) is 35.8 Å². The maximum atomic E-state index is 12.7. The highest BCUT2D eigenvalue weighted by molar-refractivity contribution is 6.05. The van der Waals surface area contributed by atoms with Crippen molar-refractivity contribution >= 4 is 22.9 Å². The first-order valence-electron chi connectivity index (χ1n) is 8.08. The number of aromatic nitrogens is 3. The van der Waals surface area contributed by atoms with E-state index in [4.69, 9.17) is 9.47 Å². The zero-order valence-corrected chi connectivity index (χ0v) is 14.2. The number of aryl methyl sites for hydroxylation is 1. The van der Waals surface area contributed by atoms with Gasteiger partial charge in [0, 0.05) is 19.9 Å². The van der Waals surface area contributed by atoms with Gasteiger partial charge < -0.3 is 14.0 Å². The Bertz CT molecular complexity index is 876. The van der Waals surface area contributed by atoms with E-state index in [-0.39, 0.29) is 11.8 Å². The zero-order valence-electron chi connectivity index (χ0n) is 14.2. The molecule has 1 amide bonds. The van der Waals surface area contributed by atoms with E-state index in [9.17, 15) is 4.79 Å². The molecular weight excluding hydrogens is 320 g/mol. The molecule has 2 aromatic heterocycles. The third-order valence-corrected chi connectivity index (χ3v) is 3.74. The van der Waals surface area contributed by atoms with E-state index < -0.39 is 0 Å². The lowest BCUT2D eigenvalue weighted by molar-refractivity contribution is 0.101. The van der Waals surface area contributed by atoms with Gasteiger partial charge in [-0.25, -0.2) is 9.97 Å². The average Bonchev–Trinajstić information content (AvgIpc) is 2.99. The fourth-order valence-electron chi connectivity index (χ4n) is 2.56. The number of rotatable bonds is 7. The smallest absolute Gasteiger partial charge is 0.263 e. The number of carbonyl (C=O) groups is 1. The number of carbonyl (C=O) groups excluding carboxylic acids is 1. The summed E-state index contributed by atoms with van der Waals surface area (Å²) in [5, 5.41) is 2.86. The van der Waals surface area contributed by atoms with E-state index in [1.54, 1.807) is 25.4 Å². The third-order valence-electron chi connectivity index (χ3n) is 3.74. The van der Waals surface area contributed by atoms with E-state index in [1.165, 1.54) is 0 Å². The first kappa shape index (κ1) is 16.9. The van der Waals surface area contributed by atoms with Crippen LogP contribution in [0.15, 0.2) is 42.6 Å². The number of methoxy groups -OCH3 is 1. The van der Waals surface area contributed by atoms with Crippen LogP contribution in [-0.4, -0.2) is 40.8 Å². The van der Waals surface area contributed by atoms with Gasteiger partial charge in [-0.3, -0.25) is 10.1 Å². The van der Waals surface area contributed by atoms with Gasteiger partial charge in [-0.05, 0) is 31.2 Å². The molecule has 7 nitrogen and oxygen atoms in total. The largest absolute Gasteiger partial charge is 0.475 e. The molecule has 1 N–H and O–H groups in total. The van der Waals surface area contributed by atoms with Crippen molar-refractivity contribution in [2.45, 2.75) is 13.5 Å². The predicted octanol–water partition coefficient (Wildman–Crippen LogP) is 2.73. The lowest BCUT2D eigenvalue weighted by atomic mass is 10.2. The fraction of sp³-hybridized carbons (Fsp3) is 0.278. The van der Waals surface area contributed by atoms with Crippen LogP contribution in [0.3, 0.4) is 0 Å². The number of anilines is 1. The van der Waals surface area contributed by atoms with Crippen LogP contribution in [0.5, 0.6) is 5.88 Å². The Balaban J connectivity index is 1.86. The molecule has 130 valence electrons. The van der Waals surface area contributed by atoms with Gasteiger partial charge in [-0.15, -0.1) is 0 Å². The summed E-state index contributed by atoms with van der Waals surface area (Å²) >= 11 is 0. The first-order chi connectivity index (χ1) is 12.2. The highest BCUT2D eigenvalue weighted by atomic mass is 16.5. The Hall–Kier alpha value is -2.93. The molecule has 3 aromatic rings. The van der Waals surface area contributed by atoms with Crippen molar-refractivity contribution in [3.05, 3.63) is 48.2 Å². The fourth-order valence-corrected chi connectivity index (χ4v) is 2.56. The van der Waals surface area contributed by atoms with Crippen LogP contribution in [0.1, 0.15) is 17.3 Å². The Labute approximate surface area is 145 Å². The molecule has 3 rings (SSSR count). The molecule has 1 aromatic carbocycles. The van der Waals surface area contributed by atoms with Gasteiger partial charge in [-0.2, -0.15) is 0 Å². The summed E-state index contributed by atoms with van der Waals surface area (Å²) in [7, 11) is 1.59. The van der Waals surface area contributed by atoms with Crippen LogP contribution in [0, 0.1) is 0 Å². The van der Waals surface area contributed by atoms with Crippen LogP contribution in [0.4, 0.5) is 5.95 Å². The number of fused-ring (bicyclic) bond motifs is 1. The molecule has 0 spiro atoms. The summed E-state index contributed by atoms with van der Waals surface area (Å²) in [6.07, 6.45) is 1.58. The number of para-hydroxylation sites is 2. The molecule has 0 unspecified atom stereocenters. The maximum absolute atomic E-state index is 12.7. The Kier molecular flexibility index (Phi) is 5.25.